The van der Waals surface area contributed by atoms with Gasteiger partial charge in [-0.25, -0.2) is 4.39 Å². The van der Waals surface area contributed by atoms with Gasteiger partial charge in [-0.2, -0.15) is 4.80 Å². The molecule has 3 rings (SSSR count). The Hall–Kier alpha value is -2.72. The fraction of sp³-hybridized carbons (Fsp3) is 0.294. The van der Waals surface area contributed by atoms with Gasteiger partial charge in [0, 0.05) is 29.6 Å². The summed E-state index contributed by atoms with van der Waals surface area (Å²) in [5.41, 5.74) is 1.88. The molecule has 0 amide bonds. The predicted octanol–water partition coefficient (Wildman–Crippen LogP) is 1.42. The van der Waals surface area contributed by atoms with E-state index < -0.39 is 25.7 Å². The van der Waals surface area contributed by atoms with E-state index >= 15 is 0 Å². The Labute approximate surface area is 165 Å². The van der Waals surface area contributed by atoms with Crippen molar-refractivity contribution in [3.05, 3.63) is 42.3 Å². The maximum Gasteiger partial charge on any atom is 0.325 e. The van der Waals surface area contributed by atoms with E-state index in [-0.39, 0.29) is 13.0 Å². The van der Waals surface area contributed by atoms with Crippen molar-refractivity contribution in [3.63, 3.8) is 0 Å². The van der Waals surface area contributed by atoms with E-state index in [4.69, 9.17) is 9.79 Å². The molecule has 10 nitrogen and oxygen atoms in total. The van der Waals surface area contributed by atoms with Crippen LogP contribution >= 0.6 is 7.60 Å². The molecule has 2 aromatic heterocycles. The van der Waals surface area contributed by atoms with Gasteiger partial charge in [0.25, 0.3) is 0 Å². The van der Waals surface area contributed by atoms with Crippen molar-refractivity contribution < 1.29 is 23.8 Å². The van der Waals surface area contributed by atoms with Gasteiger partial charge in [0.15, 0.2) is 0 Å². The number of benzene rings is 1. The first kappa shape index (κ1) is 21.0. The van der Waals surface area contributed by atoms with Gasteiger partial charge in [-0.05, 0) is 35.9 Å². The van der Waals surface area contributed by atoms with Crippen LogP contribution < -0.4 is 5.32 Å². The van der Waals surface area contributed by atoms with E-state index in [1.165, 1.54) is 17.1 Å². The molecule has 0 spiro atoms. The molecule has 12 heteroatoms. The van der Waals surface area contributed by atoms with Gasteiger partial charge in [0.05, 0.1) is 19.3 Å². The molecule has 1 aromatic carbocycles. The van der Waals surface area contributed by atoms with E-state index in [2.05, 4.69) is 25.7 Å². The number of aryl methyl sites for hydroxylation is 1. The molecule has 0 radical (unpaired) electrons. The number of hydrogen-bond donors (Lipinski definition) is 4. The third-order valence-corrected chi connectivity index (χ3v) is 4.92. The monoisotopic (exact) mass is 422 g/mol. The molecule has 0 bridgehead atoms. The number of hydrogen-bond acceptors (Lipinski definition) is 7. The summed E-state index contributed by atoms with van der Waals surface area (Å²) in [6.07, 6.45) is 0.0901. The van der Waals surface area contributed by atoms with Crippen molar-refractivity contribution in [2.24, 2.45) is 7.05 Å². The van der Waals surface area contributed by atoms with E-state index in [0.717, 1.165) is 0 Å². The van der Waals surface area contributed by atoms with E-state index in [1.54, 1.807) is 31.3 Å². The molecule has 29 heavy (non-hydrogen) atoms. The number of pyridine rings is 1. The first-order chi connectivity index (χ1) is 13.7. The minimum Gasteiger partial charge on any atom is -0.391 e. The average Bonchev–Trinajstić information content (AvgIpc) is 3.11. The summed E-state index contributed by atoms with van der Waals surface area (Å²) in [6.45, 7) is 0.0418. The van der Waals surface area contributed by atoms with Crippen LogP contribution in [0, 0.1) is 5.82 Å². The standard InChI is InChI=1S/C17H20FN6O4P/c1-24-22-17(21-23-24)16-5-2-11(9-20-16)14-4-3-12(8-15(14)18)19-10-13(25)6-7-29(26,27)28/h2-5,8-9,13,19,25H,6-7,10H2,1H3,(H2,26,27,28). The molecule has 1 atom stereocenters. The van der Waals surface area contributed by atoms with Gasteiger partial charge in [-0.3, -0.25) is 9.55 Å². The maximum atomic E-state index is 14.5. The number of nitrogens with zero attached hydrogens (tertiary/aromatic N) is 5. The number of halogens is 1. The minimum atomic E-state index is -4.15. The zero-order chi connectivity index (χ0) is 21.0. The summed E-state index contributed by atoms with van der Waals surface area (Å²) in [5, 5.41) is 24.3. The summed E-state index contributed by atoms with van der Waals surface area (Å²) < 4.78 is 25.3. The topological polar surface area (TPSA) is 146 Å². The van der Waals surface area contributed by atoms with Gasteiger partial charge in [0.2, 0.25) is 5.82 Å². The second-order valence-corrected chi connectivity index (χ2v) is 8.22. The van der Waals surface area contributed by atoms with Crippen LogP contribution in [0.25, 0.3) is 22.6 Å². The zero-order valence-electron chi connectivity index (χ0n) is 15.5. The van der Waals surface area contributed by atoms with Crippen LogP contribution in [0.5, 0.6) is 0 Å². The number of anilines is 1. The van der Waals surface area contributed by atoms with Crippen molar-refractivity contribution in [2.45, 2.75) is 12.5 Å². The summed E-state index contributed by atoms with van der Waals surface area (Å²) >= 11 is 0. The number of tetrazole rings is 1. The molecule has 4 N–H and O–H groups in total. The lowest BCUT2D eigenvalue weighted by molar-refractivity contribution is 0.181. The molecule has 0 aliphatic rings. The molecule has 2 heterocycles. The molecular formula is C17H20FN6O4P. The quantitative estimate of drug-likeness (QED) is 0.396. The van der Waals surface area contributed by atoms with Crippen molar-refractivity contribution in [1.82, 2.24) is 25.2 Å². The van der Waals surface area contributed by atoms with Crippen molar-refractivity contribution in [1.29, 1.82) is 0 Å². The normalized spacial score (nSPS) is 12.7. The lowest BCUT2D eigenvalue weighted by Crippen LogP contribution is -2.20. The van der Waals surface area contributed by atoms with Crippen LogP contribution in [0.3, 0.4) is 0 Å². The van der Waals surface area contributed by atoms with Crippen LogP contribution in [-0.4, -0.2) is 58.9 Å². The Morgan fingerprint density at radius 1 is 1.28 bits per heavy atom. The van der Waals surface area contributed by atoms with Crippen LogP contribution in [-0.2, 0) is 11.6 Å². The minimum absolute atomic E-state index is 0.0418. The Morgan fingerprint density at radius 2 is 2.07 bits per heavy atom. The molecule has 3 aromatic rings. The first-order valence-electron chi connectivity index (χ1n) is 8.68. The largest absolute Gasteiger partial charge is 0.391 e. The van der Waals surface area contributed by atoms with E-state index in [0.29, 0.717) is 28.3 Å². The SMILES string of the molecule is Cn1nnc(-c2ccc(-c3ccc(NCC(O)CCP(=O)(O)O)cc3F)cn2)n1. The summed E-state index contributed by atoms with van der Waals surface area (Å²) in [6, 6.07) is 7.89. The number of aromatic nitrogens is 5. The van der Waals surface area contributed by atoms with Crippen LogP contribution in [0.1, 0.15) is 6.42 Å². The fourth-order valence-electron chi connectivity index (χ4n) is 2.59. The van der Waals surface area contributed by atoms with Gasteiger partial charge < -0.3 is 20.2 Å². The average molecular weight is 422 g/mol. The van der Waals surface area contributed by atoms with Gasteiger partial charge in [-0.15, -0.1) is 10.2 Å². The molecule has 154 valence electrons. The zero-order valence-corrected chi connectivity index (χ0v) is 16.4. The predicted molar refractivity (Wildman–Crippen MR) is 103 cm³/mol. The molecule has 0 aliphatic heterocycles. The third kappa shape index (κ3) is 5.88. The van der Waals surface area contributed by atoms with Crippen molar-refractivity contribution in [3.8, 4) is 22.6 Å². The molecule has 0 saturated carbocycles. The van der Waals surface area contributed by atoms with Crippen LogP contribution in [0.4, 0.5) is 10.1 Å². The molecular weight excluding hydrogens is 402 g/mol. The van der Waals surface area contributed by atoms with Crippen LogP contribution in [0.2, 0.25) is 0 Å². The summed E-state index contributed by atoms with van der Waals surface area (Å²) in [7, 11) is -2.51. The Bertz CT molecular complexity index is 1020. The Morgan fingerprint density at radius 3 is 2.66 bits per heavy atom. The maximum absolute atomic E-state index is 14.5. The fourth-order valence-corrected chi connectivity index (χ4v) is 3.22. The van der Waals surface area contributed by atoms with Gasteiger partial charge in [-0.1, -0.05) is 6.07 Å². The highest BCUT2D eigenvalue weighted by Crippen LogP contribution is 2.35. The summed E-state index contributed by atoms with van der Waals surface area (Å²) in [4.78, 5) is 23.2. The van der Waals surface area contributed by atoms with Crippen molar-refractivity contribution in [2.75, 3.05) is 18.0 Å². The summed E-state index contributed by atoms with van der Waals surface area (Å²) in [5.74, 6) is -0.108. The first-order valence-corrected chi connectivity index (χ1v) is 10.5. The third-order valence-electron chi connectivity index (χ3n) is 4.08. The second-order valence-electron chi connectivity index (χ2n) is 6.44. The Kier molecular flexibility index (Phi) is 6.33. The van der Waals surface area contributed by atoms with Crippen molar-refractivity contribution >= 4 is 13.3 Å². The number of aliphatic hydroxyl groups is 1. The lowest BCUT2D eigenvalue weighted by atomic mass is 10.1. The lowest BCUT2D eigenvalue weighted by Gasteiger charge is -2.14. The molecule has 1 unspecified atom stereocenters. The molecule has 0 aliphatic carbocycles. The van der Waals surface area contributed by atoms with E-state index in [1.807, 2.05) is 0 Å². The molecule has 0 fully saturated rings. The second kappa shape index (κ2) is 8.75. The van der Waals surface area contributed by atoms with E-state index in [9.17, 15) is 14.1 Å². The number of nitrogens with one attached hydrogen (secondary N) is 1. The highest BCUT2D eigenvalue weighted by atomic mass is 31.2. The Balaban J connectivity index is 1.64. The number of aliphatic hydroxyl groups excluding tert-OH is 1. The van der Waals surface area contributed by atoms with Gasteiger partial charge >= 0.3 is 7.60 Å². The van der Waals surface area contributed by atoms with Gasteiger partial charge in [0.1, 0.15) is 11.5 Å². The highest BCUT2D eigenvalue weighted by molar-refractivity contribution is 7.51. The van der Waals surface area contributed by atoms with Crippen LogP contribution in [0.15, 0.2) is 36.5 Å². The highest BCUT2D eigenvalue weighted by Gasteiger charge is 2.16. The number of rotatable bonds is 8. The smallest absolute Gasteiger partial charge is 0.325 e. The molecule has 0 saturated heterocycles.